The summed E-state index contributed by atoms with van der Waals surface area (Å²) in [6, 6.07) is 11.1. The minimum absolute atomic E-state index is 0.115. The maximum absolute atomic E-state index is 12.0. The molecule has 120 valence electrons. The van der Waals surface area contributed by atoms with Crippen molar-refractivity contribution in [2.75, 3.05) is 18.7 Å². The van der Waals surface area contributed by atoms with Gasteiger partial charge in [0.15, 0.2) is 11.5 Å². The Morgan fingerprint density at radius 2 is 2.00 bits per heavy atom. The number of anilines is 1. The maximum Gasteiger partial charge on any atom is 0.238 e. The lowest BCUT2D eigenvalue weighted by Crippen LogP contribution is -2.27. The van der Waals surface area contributed by atoms with Crippen molar-refractivity contribution in [2.24, 2.45) is 0 Å². The molecule has 0 saturated heterocycles. The highest BCUT2D eigenvalue weighted by atomic mass is 35.5. The third kappa shape index (κ3) is 3.94. The van der Waals surface area contributed by atoms with Crippen LogP contribution < -0.4 is 20.1 Å². The highest BCUT2D eigenvalue weighted by Crippen LogP contribution is 2.32. The number of fused-ring (bicyclic) bond motifs is 1. The molecule has 0 bridgehead atoms. The summed E-state index contributed by atoms with van der Waals surface area (Å²) in [7, 11) is 0. The van der Waals surface area contributed by atoms with Crippen LogP contribution in [-0.2, 0) is 11.3 Å². The number of hydrogen-bond acceptors (Lipinski definition) is 4. The molecule has 2 aromatic carbocycles. The first-order valence-electron chi connectivity index (χ1n) is 7.27. The maximum atomic E-state index is 12.0. The topological polar surface area (TPSA) is 59.6 Å². The Hall–Kier alpha value is -2.24. The molecule has 0 unspecified atom stereocenters. The van der Waals surface area contributed by atoms with E-state index in [4.69, 9.17) is 21.1 Å². The summed E-state index contributed by atoms with van der Waals surface area (Å²) in [5.74, 6) is 1.38. The number of ether oxygens (including phenoxy) is 2. The number of rotatable bonds is 5. The quantitative estimate of drug-likeness (QED) is 0.883. The van der Waals surface area contributed by atoms with Gasteiger partial charge in [-0.1, -0.05) is 23.7 Å². The molecule has 6 heteroatoms. The van der Waals surface area contributed by atoms with Gasteiger partial charge in [-0.2, -0.15) is 0 Å². The van der Waals surface area contributed by atoms with E-state index in [0.29, 0.717) is 11.6 Å². The lowest BCUT2D eigenvalue weighted by molar-refractivity contribution is -0.115. The number of nitrogens with one attached hydrogen (secondary N) is 2. The van der Waals surface area contributed by atoms with Crippen LogP contribution in [0.5, 0.6) is 11.5 Å². The van der Waals surface area contributed by atoms with Crippen LogP contribution in [0.3, 0.4) is 0 Å². The zero-order valence-corrected chi connectivity index (χ0v) is 13.4. The number of amides is 1. The Morgan fingerprint density at radius 1 is 1.17 bits per heavy atom. The minimum atomic E-state index is -0.115. The highest BCUT2D eigenvalue weighted by molar-refractivity contribution is 6.31. The summed E-state index contributed by atoms with van der Waals surface area (Å²) in [5, 5.41) is 6.55. The molecule has 0 aliphatic carbocycles. The van der Waals surface area contributed by atoms with E-state index in [2.05, 4.69) is 10.6 Å². The van der Waals surface area contributed by atoms with Gasteiger partial charge in [0.1, 0.15) is 0 Å². The summed E-state index contributed by atoms with van der Waals surface area (Å²) in [6.07, 6.45) is 0. The number of benzene rings is 2. The number of carbonyl (C=O) groups excluding carboxylic acids is 1. The Labute approximate surface area is 139 Å². The lowest BCUT2D eigenvalue weighted by atomic mass is 10.2. The molecule has 0 aromatic heterocycles. The zero-order valence-electron chi connectivity index (χ0n) is 12.7. The normalized spacial score (nSPS) is 12.3. The van der Waals surface area contributed by atoms with Crippen LogP contribution in [-0.4, -0.2) is 19.2 Å². The van der Waals surface area contributed by atoms with E-state index in [1.807, 2.05) is 31.2 Å². The Morgan fingerprint density at radius 3 is 2.87 bits per heavy atom. The van der Waals surface area contributed by atoms with Gasteiger partial charge < -0.3 is 20.1 Å². The molecule has 1 heterocycles. The van der Waals surface area contributed by atoms with Gasteiger partial charge in [0.25, 0.3) is 0 Å². The first kappa shape index (κ1) is 15.6. The van der Waals surface area contributed by atoms with Crippen molar-refractivity contribution >= 4 is 23.2 Å². The van der Waals surface area contributed by atoms with Crippen molar-refractivity contribution in [3.8, 4) is 11.5 Å². The third-order valence-corrected chi connectivity index (χ3v) is 3.76. The fourth-order valence-electron chi connectivity index (χ4n) is 2.29. The highest BCUT2D eigenvalue weighted by Gasteiger charge is 2.13. The zero-order chi connectivity index (χ0) is 16.2. The second kappa shape index (κ2) is 6.89. The van der Waals surface area contributed by atoms with Gasteiger partial charge in [-0.15, -0.1) is 0 Å². The SMILES string of the molecule is Cc1ccc(Cl)cc1NC(=O)CNCc1ccc2c(c1)OCO2. The summed E-state index contributed by atoms with van der Waals surface area (Å²) < 4.78 is 10.6. The lowest BCUT2D eigenvalue weighted by Gasteiger charge is -2.10. The van der Waals surface area contributed by atoms with Crippen molar-refractivity contribution in [3.63, 3.8) is 0 Å². The number of aryl methyl sites for hydroxylation is 1. The molecule has 2 N–H and O–H groups in total. The van der Waals surface area contributed by atoms with Gasteiger partial charge in [-0.25, -0.2) is 0 Å². The van der Waals surface area contributed by atoms with E-state index < -0.39 is 0 Å². The molecule has 0 saturated carbocycles. The van der Waals surface area contributed by atoms with Gasteiger partial charge >= 0.3 is 0 Å². The number of halogens is 1. The van der Waals surface area contributed by atoms with Crippen LogP contribution in [0.15, 0.2) is 36.4 Å². The summed E-state index contributed by atoms with van der Waals surface area (Å²) >= 11 is 5.94. The summed E-state index contributed by atoms with van der Waals surface area (Å²) in [6.45, 7) is 2.96. The fraction of sp³-hybridized carbons (Fsp3) is 0.235. The van der Waals surface area contributed by atoms with Crippen molar-refractivity contribution in [3.05, 3.63) is 52.5 Å². The third-order valence-electron chi connectivity index (χ3n) is 3.53. The van der Waals surface area contributed by atoms with Crippen LogP contribution in [0.2, 0.25) is 5.02 Å². The molecule has 1 aliphatic heterocycles. The molecule has 2 aromatic rings. The fourth-order valence-corrected chi connectivity index (χ4v) is 2.47. The smallest absolute Gasteiger partial charge is 0.238 e. The van der Waals surface area contributed by atoms with Crippen molar-refractivity contribution in [1.29, 1.82) is 0 Å². The molecule has 1 aliphatic rings. The Bertz CT molecular complexity index is 734. The van der Waals surface area contributed by atoms with Gasteiger partial charge in [0.2, 0.25) is 12.7 Å². The molecular formula is C17H17ClN2O3. The van der Waals surface area contributed by atoms with E-state index in [1.54, 1.807) is 12.1 Å². The van der Waals surface area contributed by atoms with E-state index in [1.165, 1.54) is 0 Å². The Kier molecular flexibility index (Phi) is 4.69. The largest absolute Gasteiger partial charge is 0.454 e. The molecule has 0 spiro atoms. The minimum Gasteiger partial charge on any atom is -0.454 e. The monoisotopic (exact) mass is 332 g/mol. The average Bonchev–Trinajstić information content (AvgIpc) is 2.98. The van der Waals surface area contributed by atoms with Crippen molar-refractivity contribution in [1.82, 2.24) is 5.32 Å². The first-order valence-corrected chi connectivity index (χ1v) is 7.65. The van der Waals surface area contributed by atoms with Crippen LogP contribution in [0.25, 0.3) is 0 Å². The predicted octanol–water partition coefficient (Wildman–Crippen LogP) is 3.11. The predicted molar refractivity (Wildman–Crippen MR) is 89.1 cm³/mol. The molecule has 1 amide bonds. The molecule has 0 radical (unpaired) electrons. The molecular weight excluding hydrogens is 316 g/mol. The van der Waals surface area contributed by atoms with Crippen LogP contribution in [0, 0.1) is 6.92 Å². The second-order valence-electron chi connectivity index (χ2n) is 5.30. The van der Waals surface area contributed by atoms with Gasteiger partial charge in [-0.3, -0.25) is 4.79 Å². The van der Waals surface area contributed by atoms with Gasteiger partial charge in [-0.05, 0) is 42.3 Å². The van der Waals surface area contributed by atoms with Gasteiger partial charge in [0.05, 0.1) is 6.54 Å². The summed E-state index contributed by atoms with van der Waals surface area (Å²) in [5.41, 5.74) is 2.73. The Balaban J connectivity index is 1.50. The van der Waals surface area contributed by atoms with Crippen molar-refractivity contribution < 1.29 is 14.3 Å². The van der Waals surface area contributed by atoms with E-state index in [9.17, 15) is 4.79 Å². The molecule has 5 nitrogen and oxygen atoms in total. The van der Waals surface area contributed by atoms with E-state index in [-0.39, 0.29) is 19.2 Å². The molecule has 0 atom stereocenters. The molecule has 0 fully saturated rings. The second-order valence-corrected chi connectivity index (χ2v) is 5.74. The van der Waals surface area contributed by atoms with Crippen LogP contribution >= 0.6 is 11.6 Å². The number of carbonyl (C=O) groups is 1. The van der Waals surface area contributed by atoms with Crippen LogP contribution in [0.1, 0.15) is 11.1 Å². The average molecular weight is 333 g/mol. The van der Waals surface area contributed by atoms with E-state index >= 15 is 0 Å². The van der Waals surface area contributed by atoms with Crippen LogP contribution in [0.4, 0.5) is 5.69 Å². The van der Waals surface area contributed by atoms with E-state index in [0.717, 1.165) is 28.3 Å². The van der Waals surface area contributed by atoms with Crippen molar-refractivity contribution in [2.45, 2.75) is 13.5 Å². The number of hydrogen-bond donors (Lipinski definition) is 2. The summed E-state index contributed by atoms with van der Waals surface area (Å²) in [4.78, 5) is 12.0. The first-order chi connectivity index (χ1) is 11.1. The standard InChI is InChI=1S/C17H17ClN2O3/c1-11-2-4-13(18)7-14(11)20-17(21)9-19-8-12-3-5-15-16(6-12)23-10-22-15/h2-7,19H,8-10H2,1H3,(H,20,21). The molecule has 3 rings (SSSR count). The molecule has 23 heavy (non-hydrogen) atoms. The van der Waals surface area contributed by atoms with Gasteiger partial charge in [0, 0.05) is 17.3 Å².